The van der Waals surface area contributed by atoms with E-state index in [4.69, 9.17) is 19.4 Å². The predicted octanol–water partition coefficient (Wildman–Crippen LogP) is 11.5. The Hall–Kier alpha value is -6.85. The number of hydrogen-bond donors (Lipinski definition) is 0. The lowest BCUT2D eigenvalue weighted by Gasteiger charge is -2.12. The van der Waals surface area contributed by atoms with Gasteiger partial charge in [0.25, 0.3) is 0 Å². The molecule has 50 heavy (non-hydrogen) atoms. The molecule has 0 saturated heterocycles. The van der Waals surface area contributed by atoms with Gasteiger partial charge in [-0.15, -0.1) is 0 Å². The summed E-state index contributed by atoms with van der Waals surface area (Å²) in [5, 5.41) is 4.59. The van der Waals surface area contributed by atoms with E-state index in [1.54, 1.807) is 0 Å². The average molecular weight is 641 g/mol. The first kappa shape index (κ1) is 28.2. The summed E-state index contributed by atoms with van der Waals surface area (Å²) in [7, 11) is 0. The molecule has 0 spiro atoms. The number of para-hydroxylation sites is 3. The second kappa shape index (κ2) is 11.4. The lowest BCUT2D eigenvalue weighted by atomic mass is 10.0. The first-order valence-electron chi connectivity index (χ1n) is 16.7. The van der Waals surface area contributed by atoms with Crippen molar-refractivity contribution in [3.8, 4) is 51.0 Å². The van der Waals surface area contributed by atoms with Crippen LogP contribution in [0.3, 0.4) is 0 Å². The van der Waals surface area contributed by atoms with Gasteiger partial charge in [-0.25, -0.2) is 15.0 Å². The molecule has 3 aromatic heterocycles. The standard InChI is InChI=1S/C45H28N4O/c1-3-13-29(14-4-1)43-46-44(30-15-5-2-6-16-30)48-45(47-43)32-25-26-36-35-19-7-9-23-39(35)49(40(36)28-32)33-18-11-17-31(27-33)34-21-12-22-38-37-20-8-10-24-41(37)50-42(34)38/h1-28H. The number of fused-ring (bicyclic) bond motifs is 6. The third kappa shape index (κ3) is 4.60. The summed E-state index contributed by atoms with van der Waals surface area (Å²) in [4.78, 5) is 14.9. The minimum Gasteiger partial charge on any atom is -0.455 e. The second-order valence-corrected chi connectivity index (χ2v) is 12.5. The molecule has 5 nitrogen and oxygen atoms in total. The van der Waals surface area contributed by atoms with Crippen molar-refractivity contribution in [2.75, 3.05) is 0 Å². The van der Waals surface area contributed by atoms with Crippen LogP contribution in [-0.2, 0) is 0 Å². The molecule has 0 radical (unpaired) electrons. The monoisotopic (exact) mass is 640 g/mol. The molecule has 10 rings (SSSR count). The quantitative estimate of drug-likeness (QED) is 0.188. The minimum absolute atomic E-state index is 0.627. The molecular weight excluding hydrogens is 613 g/mol. The molecular formula is C45H28N4O. The van der Waals surface area contributed by atoms with Crippen molar-refractivity contribution in [1.29, 1.82) is 0 Å². The van der Waals surface area contributed by atoms with Crippen LogP contribution in [-0.4, -0.2) is 19.5 Å². The SMILES string of the molecule is c1ccc(-c2nc(-c3ccccc3)nc(-c3ccc4c5ccccc5n(-c5cccc(-c6cccc7c6oc6ccccc67)c5)c4c3)n2)cc1. The molecule has 0 N–H and O–H groups in total. The molecule has 3 heterocycles. The maximum Gasteiger partial charge on any atom is 0.164 e. The van der Waals surface area contributed by atoms with Gasteiger partial charge in [-0.05, 0) is 35.9 Å². The maximum atomic E-state index is 6.43. The fraction of sp³-hybridized carbons (Fsp3) is 0. The highest BCUT2D eigenvalue weighted by molar-refractivity contribution is 6.11. The molecule has 0 aliphatic heterocycles. The molecule has 10 aromatic rings. The van der Waals surface area contributed by atoms with Crippen molar-refractivity contribution in [2.45, 2.75) is 0 Å². The molecule has 0 aliphatic rings. The van der Waals surface area contributed by atoms with Crippen LogP contribution < -0.4 is 0 Å². The van der Waals surface area contributed by atoms with Crippen molar-refractivity contribution in [1.82, 2.24) is 19.5 Å². The van der Waals surface area contributed by atoms with Gasteiger partial charge in [0, 0.05) is 49.5 Å². The summed E-state index contributed by atoms with van der Waals surface area (Å²) in [5.41, 5.74) is 10.0. The van der Waals surface area contributed by atoms with E-state index in [0.717, 1.165) is 71.9 Å². The summed E-state index contributed by atoms with van der Waals surface area (Å²) in [5.74, 6) is 1.91. The molecule has 0 saturated carbocycles. The summed E-state index contributed by atoms with van der Waals surface area (Å²) in [6.45, 7) is 0. The normalized spacial score (nSPS) is 11.6. The zero-order valence-electron chi connectivity index (χ0n) is 26.9. The Morgan fingerprint density at radius 2 is 0.960 bits per heavy atom. The number of rotatable bonds is 5. The van der Waals surface area contributed by atoms with Crippen molar-refractivity contribution in [3.05, 3.63) is 170 Å². The fourth-order valence-electron chi connectivity index (χ4n) is 7.11. The van der Waals surface area contributed by atoms with Crippen LogP contribution in [0.4, 0.5) is 0 Å². The largest absolute Gasteiger partial charge is 0.455 e. The van der Waals surface area contributed by atoms with Gasteiger partial charge in [0.15, 0.2) is 17.5 Å². The Morgan fingerprint density at radius 3 is 1.72 bits per heavy atom. The highest BCUT2D eigenvalue weighted by Gasteiger charge is 2.18. The number of furan rings is 1. The average Bonchev–Trinajstić information content (AvgIpc) is 3.74. The van der Waals surface area contributed by atoms with E-state index in [2.05, 4.69) is 102 Å². The van der Waals surface area contributed by atoms with Crippen molar-refractivity contribution < 1.29 is 4.42 Å². The van der Waals surface area contributed by atoms with Crippen LogP contribution >= 0.6 is 0 Å². The highest BCUT2D eigenvalue weighted by atomic mass is 16.3. The Labute approximate surface area is 287 Å². The zero-order valence-corrected chi connectivity index (χ0v) is 26.9. The van der Waals surface area contributed by atoms with Gasteiger partial charge in [0.05, 0.1) is 11.0 Å². The topological polar surface area (TPSA) is 56.7 Å². The fourth-order valence-corrected chi connectivity index (χ4v) is 7.11. The van der Waals surface area contributed by atoms with Crippen molar-refractivity contribution in [2.24, 2.45) is 0 Å². The van der Waals surface area contributed by atoms with E-state index in [1.165, 1.54) is 5.39 Å². The van der Waals surface area contributed by atoms with Gasteiger partial charge < -0.3 is 8.98 Å². The Kier molecular flexibility index (Phi) is 6.42. The highest BCUT2D eigenvalue weighted by Crippen LogP contribution is 2.39. The predicted molar refractivity (Wildman–Crippen MR) is 203 cm³/mol. The van der Waals surface area contributed by atoms with Crippen LogP contribution in [0.25, 0.3) is 94.7 Å². The first-order chi connectivity index (χ1) is 24.8. The Bertz CT molecular complexity index is 2810. The summed E-state index contributed by atoms with van der Waals surface area (Å²) < 4.78 is 8.77. The molecule has 5 heteroatoms. The smallest absolute Gasteiger partial charge is 0.164 e. The first-order valence-corrected chi connectivity index (χ1v) is 16.7. The van der Waals surface area contributed by atoms with E-state index in [0.29, 0.717) is 17.5 Å². The summed E-state index contributed by atoms with van der Waals surface area (Å²) in [6.07, 6.45) is 0. The number of aromatic nitrogens is 4. The van der Waals surface area contributed by atoms with Crippen LogP contribution in [0.15, 0.2) is 174 Å². The van der Waals surface area contributed by atoms with Gasteiger partial charge in [-0.3, -0.25) is 0 Å². The van der Waals surface area contributed by atoms with Gasteiger partial charge in [0.2, 0.25) is 0 Å². The van der Waals surface area contributed by atoms with Crippen LogP contribution in [0.2, 0.25) is 0 Å². The van der Waals surface area contributed by atoms with Gasteiger partial charge >= 0.3 is 0 Å². The van der Waals surface area contributed by atoms with Crippen LogP contribution in [0.1, 0.15) is 0 Å². The van der Waals surface area contributed by atoms with E-state index in [9.17, 15) is 0 Å². The lowest BCUT2D eigenvalue weighted by Crippen LogP contribution is -2.00. The number of benzene rings is 7. The number of nitrogens with zero attached hydrogens (tertiary/aromatic N) is 4. The molecule has 234 valence electrons. The molecule has 0 unspecified atom stereocenters. The molecule has 0 aliphatic carbocycles. The minimum atomic E-state index is 0.627. The maximum absolute atomic E-state index is 6.43. The molecule has 0 fully saturated rings. The molecule has 0 amide bonds. The summed E-state index contributed by atoms with van der Waals surface area (Å²) >= 11 is 0. The van der Waals surface area contributed by atoms with Crippen LogP contribution in [0, 0.1) is 0 Å². The van der Waals surface area contributed by atoms with Crippen molar-refractivity contribution >= 4 is 43.7 Å². The van der Waals surface area contributed by atoms with Gasteiger partial charge in [0.1, 0.15) is 11.2 Å². The Balaban J connectivity index is 1.17. The van der Waals surface area contributed by atoms with Crippen LogP contribution in [0.5, 0.6) is 0 Å². The van der Waals surface area contributed by atoms with Crippen molar-refractivity contribution in [3.63, 3.8) is 0 Å². The molecule has 0 bridgehead atoms. The van der Waals surface area contributed by atoms with E-state index >= 15 is 0 Å². The third-order valence-electron chi connectivity index (χ3n) is 9.45. The third-order valence-corrected chi connectivity index (χ3v) is 9.45. The number of hydrogen-bond acceptors (Lipinski definition) is 4. The van der Waals surface area contributed by atoms with E-state index < -0.39 is 0 Å². The van der Waals surface area contributed by atoms with Gasteiger partial charge in [-0.1, -0.05) is 140 Å². The van der Waals surface area contributed by atoms with E-state index in [-0.39, 0.29) is 0 Å². The van der Waals surface area contributed by atoms with E-state index in [1.807, 2.05) is 72.8 Å². The molecule has 0 atom stereocenters. The second-order valence-electron chi connectivity index (χ2n) is 12.5. The molecule has 7 aromatic carbocycles. The zero-order chi connectivity index (χ0) is 33.0. The summed E-state index contributed by atoms with van der Waals surface area (Å²) in [6, 6.07) is 58.6. The Morgan fingerprint density at radius 1 is 0.380 bits per heavy atom. The lowest BCUT2D eigenvalue weighted by molar-refractivity contribution is 0.670. The van der Waals surface area contributed by atoms with Gasteiger partial charge in [-0.2, -0.15) is 0 Å².